The summed E-state index contributed by atoms with van der Waals surface area (Å²) in [6.45, 7) is 2.68. The third-order valence-corrected chi connectivity index (χ3v) is 4.18. The van der Waals surface area contributed by atoms with Crippen LogP contribution in [0.2, 0.25) is 0 Å². The lowest BCUT2D eigenvalue weighted by molar-refractivity contribution is -0.129. The van der Waals surface area contributed by atoms with Crippen LogP contribution in [0.25, 0.3) is 0 Å². The highest BCUT2D eigenvalue weighted by molar-refractivity contribution is 5.96. The van der Waals surface area contributed by atoms with Crippen LogP contribution in [-0.2, 0) is 16.0 Å². The van der Waals surface area contributed by atoms with E-state index in [2.05, 4.69) is 5.32 Å². The van der Waals surface area contributed by atoms with Crippen LogP contribution in [0.1, 0.15) is 42.1 Å². The first-order chi connectivity index (χ1) is 11.5. The van der Waals surface area contributed by atoms with Crippen LogP contribution in [0.5, 0.6) is 0 Å². The minimum absolute atomic E-state index is 0.0488. The number of nitrogens with one attached hydrogen (secondary N) is 2. The van der Waals surface area contributed by atoms with E-state index in [1.165, 1.54) is 6.92 Å². The molecule has 1 aromatic carbocycles. The topological polar surface area (TPSA) is 98.7 Å². The maximum absolute atomic E-state index is 12.8. The number of aryl methyl sites for hydroxylation is 1. The van der Waals surface area contributed by atoms with Crippen LogP contribution in [0.4, 0.5) is 0 Å². The van der Waals surface area contributed by atoms with Gasteiger partial charge in [-0.05, 0) is 30.9 Å². The molecular formula is C17H23N3O4. The van der Waals surface area contributed by atoms with Crippen molar-refractivity contribution in [2.24, 2.45) is 0 Å². The molecule has 0 radical (unpaired) electrons. The van der Waals surface area contributed by atoms with Gasteiger partial charge in [0.2, 0.25) is 11.8 Å². The van der Waals surface area contributed by atoms with Crippen molar-refractivity contribution >= 4 is 17.7 Å². The fourth-order valence-corrected chi connectivity index (χ4v) is 2.94. The van der Waals surface area contributed by atoms with Crippen molar-refractivity contribution in [2.45, 2.75) is 38.6 Å². The molecule has 3 amide bonds. The van der Waals surface area contributed by atoms with Crippen molar-refractivity contribution in [2.75, 3.05) is 13.1 Å². The molecule has 0 aliphatic carbocycles. The third kappa shape index (κ3) is 4.79. The Kier molecular flexibility index (Phi) is 6.31. The van der Waals surface area contributed by atoms with E-state index in [1.54, 1.807) is 22.5 Å². The lowest BCUT2D eigenvalue weighted by Crippen LogP contribution is -2.46. The van der Waals surface area contributed by atoms with Gasteiger partial charge in [-0.3, -0.25) is 19.6 Å². The Balaban J connectivity index is 2.00. The second-order valence-electron chi connectivity index (χ2n) is 5.96. The Morgan fingerprint density at radius 2 is 1.88 bits per heavy atom. The van der Waals surface area contributed by atoms with Crippen LogP contribution in [0.3, 0.4) is 0 Å². The van der Waals surface area contributed by atoms with Gasteiger partial charge < -0.3 is 10.2 Å². The first kappa shape index (κ1) is 17.9. The number of rotatable bonds is 5. The van der Waals surface area contributed by atoms with Gasteiger partial charge in [-0.1, -0.05) is 18.2 Å². The van der Waals surface area contributed by atoms with E-state index < -0.39 is 5.91 Å². The van der Waals surface area contributed by atoms with Crippen molar-refractivity contribution in [3.05, 3.63) is 35.4 Å². The molecule has 7 heteroatoms. The zero-order valence-electron chi connectivity index (χ0n) is 13.7. The molecule has 24 heavy (non-hydrogen) atoms. The first-order valence-electron chi connectivity index (χ1n) is 8.08. The molecule has 3 N–H and O–H groups in total. The molecule has 1 fully saturated rings. The molecule has 0 unspecified atom stereocenters. The molecule has 1 aliphatic heterocycles. The molecule has 1 aliphatic rings. The summed E-state index contributed by atoms with van der Waals surface area (Å²) < 4.78 is 0. The first-order valence-corrected chi connectivity index (χ1v) is 8.08. The minimum Gasteiger partial charge on any atom is -0.353 e. The Morgan fingerprint density at radius 3 is 2.50 bits per heavy atom. The number of piperidine rings is 1. The van der Waals surface area contributed by atoms with Crippen LogP contribution < -0.4 is 10.8 Å². The number of amides is 3. The van der Waals surface area contributed by atoms with Crippen LogP contribution in [-0.4, -0.2) is 47.0 Å². The number of hydrogen-bond donors (Lipinski definition) is 3. The summed E-state index contributed by atoms with van der Waals surface area (Å²) in [7, 11) is 0. The number of hydrogen-bond acceptors (Lipinski definition) is 4. The third-order valence-electron chi connectivity index (χ3n) is 4.18. The Bertz CT molecular complexity index is 610. The zero-order valence-corrected chi connectivity index (χ0v) is 13.7. The van der Waals surface area contributed by atoms with Crippen LogP contribution in [0, 0.1) is 0 Å². The fraction of sp³-hybridized carbons (Fsp3) is 0.471. The van der Waals surface area contributed by atoms with Crippen molar-refractivity contribution < 1.29 is 19.6 Å². The van der Waals surface area contributed by atoms with Crippen molar-refractivity contribution in [1.82, 2.24) is 15.7 Å². The smallest absolute Gasteiger partial charge is 0.254 e. The maximum Gasteiger partial charge on any atom is 0.254 e. The second-order valence-corrected chi connectivity index (χ2v) is 5.96. The molecule has 130 valence electrons. The molecule has 2 rings (SSSR count). The summed E-state index contributed by atoms with van der Waals surface area (Å²) in [5.41, 5.74) is 2.97. The highest BCUT2D eigenvalue weighted by Gasteiger charge is 2.25. The second kappa shape index (κ2) is 8.44. The van der Waals surface area contributed by atoms with Crippen LogP contribution in [0.15, 0.2) is 24.3 Å². The Morgan fingerprint density at radius 1 is 1.21 bits per heavy atom. The average Bonchev–Trinajstić information content (AvgIpc) is 2.59. The van der Waals surface area contributed by atoms with Gasteiger partial charge in [-0.25, -0.2) is 5.48 Å². The lowest BCUT2D eigenvalue weighted by Gasteiger charge is -2.32. The van der Waals surface area contributed by atoms with E-state index in [4.69, 9.17) is 5.21 Å². The van der Waals surface area contributed by atoms with Gasteiger partial charge in [0.15, 0.2) is 0 Å². The summed E-state index contributed by atoms with van der Waals surface area (Å²) in [4.78, 5) is 36.8. The molecule has 1 aromatic rings. The molecule has 1 saturated heterocycles. The summed E-state index contributed by atoms with van der Waals surface area (Å²) in [5.74, 6) is -0.586. The summed E-state index contributed by atoms with van der Waals surface area (Å²) in [5, 5.41) is 11.5. The zero-order chi connectivity index (χ0) is 17.5. The van der Waals surface area contributed by atoms with Gasteiger partial charge in [0.25, 0.3) is 5.91 Å². The van der Waals surface area contributed by atoms with E-state index >= 15 is 0 Å². The number of benzene rings is 1. The summed E-state index contributed by atoms with van der Waals surface area (Å²) >= 11 is 0. The van der Waals surface area contributed by atoms with Gasteiger partial charge in [0, 0.05) is 38.0 Å². The minimum atomic E-state index is -0.478. The average molecular weight is 333 g/mol. The quantitative estimate of drug-likeness (QED) is 0.550. The van der Waals surface area contributed by atoms with E-state index in [0.29, 0.717) is 25.1 Å². The van der Waals surface area contributed by atoms with Gasteiger partial charge >= 0.3 is 0 Å². The van der Waals surface area contributed by atoms with E-state index in [0.717, 1.165) is 18.4 Å². The normalized spacial score (nSPS) is 15.0. The highest BCUT2D eigenvalue weighted by Crippen LogP contribution is 2.18. The Hall–Kier alpha value is -2.41. The number of carbonyl (C=O) groups excluding carboxylic acids is 3. The van der Waals surface area contributed by atoms with Gasteiger partial charge in [-0.15, -0.1) is 0 Å². The molecule has 1 heterocycles. The van der Waals surface area contributed by atoms with Crippen LogP contribution >= 0.6 is 0 Å². The molecule has 7 nitrogen and oxygen atoms in total. The maximum atomic E-state index is 12.8. The molecule has 0 aromatic heterocycles. The highest BCUT2D eigenvalue weighted by atomic mass is 16.5. The predicted octanol–water partition coefficient (Wildman–Crippen LogP) is 0.865. The monoisotopic (exact) mass is 333 g/mol. The summed E-state index contributed by atoms with van der Waals surface area (Å²) in [6, 6.07) is 7.32. The number of carbonyl (C=O) groups is 3. The Labute approximate surface area is 141 Å². The number of nitrogens with zero attached hydrogens (tertiary/aromatic N) is 1. The lowest BCUT2D eigenvalue weighted by atomic mass is 9.99. The molecule has 0 bridgehead atoms. The SMILES string of the molecule is CC(=O)NC1CCN(C(=O)c2ccccc2CCC(=O)NO)CC1. The standard InChI is InChI=1S/C17H23N3O4/c1-12(21)18-14-8-10-20(11-9-14)17(23)15-5-3-2-4-13(15)6-7-16(22)19-24/h2-5,14,24H,6-11H2,1H3,(H,18,21)(H,19,22). The largest absolute Gasteiger partial charge is 0.353 e. The fourth-order valence-electron chi connectivity index (χ4n) is 2.94. The van der Waals surface area contributed by atoms with E-state index in [1.807, 2.05) is 12.1 Å². The van der Waals surface area contributed by atoms with Gasteiger partial charge in [0.1, 0.15) is 0 Å². The van der Waals surface area contributed by atoms with Gasteiger partial charge in [0.05, 0.1) is 0 Å². The molecule has 0 saturated carbocycles. The van der Waals surface area contributed by atoms with Gasteiger partial charge in [-0.2, -0.15) is 0 Å². The molecule has 0 atom stereocenters. The molecular weight excluding hydrogens is 310 g/mol. The van der Waals surface area contributed by atoms with Crippen molar-refractivity contribution in [3.8, 4) is 0 Å². The number of hydroxylamine groups is 1. The summed E-state index contributed by atoms with van der Waals surface area (Å²) in [6.07, 6.45) is 1.98. The van der Waals surface area contributed by atoms with Crippen molar-refractivity contribution in [3.63, 3.8) is 0 Å². The number of likely N-dealkylation sites (tertiary alicyclic amines) is 1. The predicted molar refractivity (Wildman–Crippen MR) is 87.4 cm³/mol. The van der Waals surface area contributed by atoms with Crippen molar-refractivity contribution in [1.29, 1.82) is 0 Å². The van der Waals surface area contributed by atoms with E-state index in [-0.39, 0.29) is 24.3 Å². The van der Waals surface area contributed by atoms with E-state index in [9.17, 15) is 14.4 Å². The molecule has 0 spiro atoms.